The Bertz CT molecular complexity index is 1070. The van der Waals surface area contributed by atoms with E-state index in [2.05, 4.69) is 12.2 Å². The number of carbonyl (C=O) groups is 3. The zero-order valence-electron chi connectivity index (χ0n) is 20.7. The van der Waals surface area contributed by atoms with Gasteiger partial charge in [0.15, 0.2) is 5.78 Å². The second-order valence-corrected chi connectivity index (χ2v) is 11.1. The summed E-state index contributed by atoms with van der Waals surface area (Å²) in [4.78, 5) is 41.5. The molecule has 1 heterocycles. The van der Waals surface area contributed by atoms with E-state index >= 15 is 0 Å². The van der Waals surface area contributed by atoms with Crippen LogP contribution < -0.4 is 10.2 Å². The fourth-order valence-electron chi connectivity index (χ4n) is 3.74. The van der Waals surface area contributed by atoms with Crippen molar-refractivity contribution < 1.29 is 19.1 Å². The van der Waals surface area contributed by atoms with E-state index in [4.69, 9.17) is 16.3 Å². The Kier molecular flexibility index (Phi) is 9.25. The first kappa shape index (κ1) is 27.1. The summed E-state index contributed by atoms with van der Waals surface area (Å²) in [5, 5.41) is 3.34. The van der Waals surface area contributed by atoms with Gasteiger partial charge in [-0.15, -0.1) is 11.8 Å². The van der Waals surface area contributed by atoms with Gasteiger partial charge in [-0.2, -0.15) is 0 Å². The molecule has 8 heteroatoms. The highest BCUT2D eigenvalue weighted by Gasteiger charge is 2.33. The molecule has 0 aliphatic carbocycles. The molecule has 35 heavy (non-hydrogen) atoms. The van der Waals surface area contributed by atoms with E-state index < -0.39 is 17.7 Å². The Morgan fingerprint density at radius 3 is 2.51 bits per heavy atom. The number of alkyl carbamates (subject to hydrolysis) is 1. The average molecular weight is 517 g/mol. The van der Waals surface area contributed by atoms with E-state index in [1.165, 1.54) is 11.8 Å². The molecule has 0 aromatic heterocycles. The van der Waals surface area contributed by atoms with Crippen LogP contribution in [0.2, 0.25) is 5.02 Å². The molecule has 2 aromatic rings. The van der Waals surface area contributed by atoms with E-state index in [1.54, 1.807) is 43.9 Å². The number of rotatable bonds is 8. The van der Waals surface area contributed by atoms with Gasteiger partial charge in [-0.1, -0.05) is 49.6 Å². The predicted octanol–water partition coefficient (Wildman–Crippen LogP) is 6.64. The van der Waals surface area contributed by atoms with Crippen molar-refractivity contribution in [2.45, 2.75) is 76.5 Å². The number of thioether (sulfide) groups is 1. The van der Waals surface area contributed by atoms with Crippen LogP contribution >= 0.6 is 23.4 Å². The highest BCUT2D eigenvalue weighted by molar-refractivity contribution is 7.99. The maximum absolute atomic E-state index is 13.7. The molecule has 2 aromatic carbocycles. The number of hydrogen-bond donors (Lipinski definition) is 1. The third-order valence-electron chi connectivity index (χ3n) is 5.49. The molecule has 3 rings (SSSR count). The van der Waals surface area contributed by atoms with Crippen molar-refractivity contribution in [1.82, 2.24) is 5.32 Å². The molecule has 1 aliphatic heterocycles. The first-order valence-electron chi connectivity index (χ1n) is 11.9. The van der Waals surface area contributed by atoms with E-state index in [0.717, 1.165) is 29.7 Å². The molecule has 6 nitrogen and oxygen atoms in total. The number of unbranched alkanes of at least 4 members (excludes halogenated alkanes) is 2. The van der Waals surface area contributed by atoms with Gasteiger partial charge in [0.05, 0.1) is 12.2 Å². The van der Waals surface area contributed by atoms with Crippen molar-refractivity contribution in [3.05, 3.63) is 58.6 Å². The van der Waals surface area contributed by atoms with Crippen LogP contribution in [0.4, 0.5) is 10.5 Å². The Labute approximate surface area is 216 Å². The number of fused-ring (bicyclic) bond motifs is 1. The third-order valence-corrected chi connectivity index (χ3v) is 6.90. The minimum atomic E-state index is -0.779. The van der Waals surface area contributed by atoms with Gasteiger partial charge in [-0.3, -0.25) is 9.59 Å². The summed E-state index contributed by atoms with van der Waals surface area (Å²) < 4.78 is 5.38. The van der Waals surface area contributed by atoms with E-state index in [1.807, 2.05) is 24.3 Å². The number of ether oxygens (including phenoxy) is 1. The Morgan fingerprint density at radius 1 is 1.14 bits per heavy atom. The number of carbonyl (C=O) groups excluding carboxylic acids is 3. The van der Waals surface area contributed by atoms with Crippen LogP contribution in [-0.4, -0.2) is 35.2 Å². The third kappa shape index (κ3) is 7.74. The molecule has 1 N–H and O–H groups in total. The van der Waals surface area contributed by atoms with Crippen molar-refractivity contribution in [2.24, 2.45) is 0 Å². The number of hydrogen-bond acceptors (Lipinski definition) is 5. The molecule has 0 unspecified atom stereocenters. The second kappa shape index (κ2) is 12.0. The number of anilines is 1. The second-order valence-electron chi connectivity index (χ2n) is 9.62. The van der Waals surface area contributed by atoms with E-state index in [9.17, 15) is 14.4 Å². The number of halogens is 1. The molecular formula is C27H33ClN2O4S. The fraction of sp³-hybridized carbons (Fsp3) is 0.444. The standard InChI is InChI=1S/C27H33ClN2O4S/c1-5-6-7-8-23(31)19-11-14-24-22(15-19)30(16-18-9-12-20(28)13-10-18)25(32)21(17-35-24)29-26(33)34-27(2,3)4/h9-15,21H,5-8,16-17H2,1-4H3,(H,29,33)/t21-/m0/s1. The van der Waals surface area contributed by atoms with Gasteiger partial charge in [0, 0.05) is 27.7 Å². The summed E-state index contributed by atoms with van der Waals surface area (Å²) in [6.07, 6.45) is 2.74. The molecule has 0 saturated heterocycles. The Balaban J connectivity index is 1.92. The van der Waals surface area contributed by atoms with Crippen LogP contribution in [0.15, 0.2) is 47.4 Å². The number of nitrogens with one attached hydrogen (secondary N) is 1. The molecular weight excluding hydrogens is 484 g/mol. The minimum absolute atomic E-state index is 0.0674. The van der Waals surface area contributed by atoms with E-state index in [0.29, 0.717) is 28.4 Å². The lowest BCUT2D eigenvalue weighted by Gasteiger charge is -2.27. The average Bonchev–Trinajstić information content (AvgIpc) is 2.91. The van der Waals surface area contributed by atoms with Crippen LogP contribution in [0.3, 0.4) is 0 Å². The van der Waals surface area contributed by atoms with Gasteiger partial charge in [0.2, 0.25) is 0 Å². The van der Waals surface area contributed by atoms with Gasteiger partial charge in [-0.25, -0.2) is 4.79 Å². The number of ketones is 1. The maximum atomic E-state index is 13.7. The summed E-state index contributed by atoms with van der Waals surface area (Å²) in [5.41, 5.74) is 1.47. The summed E-state index contributed by atoms with van der Waals surface area (Å²) in [6.45, 7) is 7.71. The molecule has 188 valence electrons. The molecule has 0 fully saturated rings. The van der Waals surface area contributed by atoms with Crippen LogP contribution in [0.25, 0.3) is 0 Å². The quantitative estimate of drug-likeness (QED) is 0.314. The molecule has 1 aliphatic rings. The first-order valence-corrected chi connectivity index (χ1v) is 13.3. The highest BCUT2D eigenvalue weighted by atomic mass is 35.5. The van der Waals surface area contributed by atoms with Gasteiger partial charge < -0.3 is 15.0 Å². The molecule has 2 amide bonds. The number of nitrogens with zero attached hydrogens (tertiary/aromatic N) is 1. The maximum Gasteiger partial charge on any atom is 0.408 e. The Morgan fingerprint density at radius 2 is 1.86 bits per heavy atom. The predicted molar refractivity (Wildman–Crippen MR) is 141 cm³/mol. The molecule has 0 bridgehead atoms. The van der Waals surface area contributed by atoms with Crippen molar-refractivity contribution in [3.8, 4) is 0 Å². The van der Waals surface area contributed by atoms with Crippen LogP contribution in [0, 0.1) is 0 Å². The number of benzene rings is 2. The van der Waals surface area contributed by atoms with Crippen molar-refractivity contribution in [3.63, 3.8) is 0 Å². The normalized spacial score (nSPS) is 15.9. The summed E-state index contributed by atoms with van der Waals surface area (Å²) in [7, 11) is 0. The molecule has 0 radical (unpaired) electrons. The minimum Gasteiger partial charge on any atom is -0.444 e. The van der Waals surface area contributed by atoms with Crippen LogP contribution in [-0.2, 0) is 16.1 Å². The first-order chi connectivity index (χ1) is 16.6. The molecule has 1 atom stereocenters. The monoisotopic (exact) mass is 516 g/mol. The summed E-state index contributed by atoms with van der Waals surface area (Å²) in [6, 6.07) is 12.0. The number of Topliss-reactive ketones (excluding diaryl/α,β-unsaturated/α-hetero) is 1. The zero-order valence-corrected chi connectivity index (χ0v) is 22.3. The summed E-state index contributed by atoms with van der Waals surface area (Å²) in [5.74, 6) is 0.164. The van der Waals surface area contributed by atoms with Crippen molar-refractivity contribution in [1.29, 1.82) is 0 Å². The molecule has 0 saturated carbocycles. The largest absolute Gasteiger partial charge is 0.444 e. The lowest BCUT2D eigenvalue weighted by Crippen LogP contribution is -2.50. The lowest BCUT2D eigenvalue weighted by molar-refractivity contribution is -0.120. The smallest absolute Gasteiger partial charge is 0.408 e. The Hall–Kier alpha value is -2.51. The van der Waals surface area contributed by atoms with E-state index in [-0.39, 0.29) is 18.2 Å². The lowest BCUT2D eigenvalue weighted by atomic mass is 10.0. The van der Waals surface area contributed by atoms with Crippen LogP contribution in [0.5, 0.6) is 0 Å². The zero-order chi connectivity index (χ0) is 25.6. The molecule has 0 spiro atoms. The fourth-order valence-corrected chi connectivity index (χ4v) is 4.92. The van der Waals surface area contributed by atoms with Crippen molar-refractivity contribution >= 4 is 46.8 Å². The highest BCUT2D eigenvalue weighted by Crippen LogP contribution is 2.36. The SMILES string of the molecule is CCCCCC(=O)c1ccc2c(c1)N(Cc1ccc(Cl)cc1)C(=O)[C@@H](NC(=O)OC(C)(C)C)CS2. The van der Waals surface area contributed by atoms with Gasteiger partial charge in [0.1, 0.15) is 11.6 Å². The van der Waals surface area contributed by atoms with Gasteiger partial charge in [0.25, 0.3) is 5.91 Å². The van der Waals surface area contributed by atoms with Gasteiger partial charge >= 0.3 is 6.09 Å². The topological polar surface area (TPSA) is 75.7 Å². The summed E-state index contributed by atoms with van der Waals surface area (Å²) >= 11 is 7.52. The number of amides is 2. The van der Waals surface area contributed by atoms with Gasteiger partial charge in [-0.05, 0) is 57.0 Å². The van der Waals surface area contributed by atoms with Crippen LogP contribution in [0.1, 0.15) is 69.3 Å². The van der Waals surface area contributed by atoms with Crippen molar-refractivity contribution in [2.75, 3.05) is 10.7 Å².